The second-order valence-corrected chi connectivity index (χ2v) is 8.58. The van der Waals surface area contributed by atoms with Gasteiger partial charge in [-0.05, 0) is 93.5 Å². The predicted octanol–water partition coefficient (Wildman–Crippen LogP) is 5.52. The lowest BCUT2D eigenvalue weighted by Gasteiger charge is -2.52. The van der Waals surface area contributed by atoms with Crippen LogP contribution in [0.3, 0.4) is 0 Å². The molecule has 0 N–H and O–H groups in total. The number of ether oxygens (including phenoxy) is 1. The Morgan fingerprint density at radius 2 is 2.05 bits per heavy atom. The average molecular weight is 300 g/mol. The summed E-state index contributed by atoms with van der Waals surface area (Å²) in [6.45, 7) is 7.91. The van der Waals surface area contributed by atoms with E-state index in [2.05, 4.69) is 32.9 Å². The van der Waals surface area contributed by atoms with Crippen molar-refractivity contribution in [3.63, 3.8) is 0 Å². The molecule has 4 aliphatic rings. The Morgan fingerprint density at radius 1 is 1.18 bits per heavy atom. The average Bonchev–Trinajstić information content (AvgIpc) is 2.84. The Bertz CT molecular complexity index is 502. The lowest BCUT2D eigenvalue weighted by Crippen LogP contribution is -2.47. The fourth-order valence-electron chi connectivity index (χ4n) is 6.54. The van der Waals surface area contributed by atoms with E-state index in [4.69, 9.17) is 4.74 Å². The van der Waals surface area contributed by atoms with E-state index in [1.165, 1.54) is 44.9 Å². The van der Waals surface area contributed by atoms with E-state index in [-0.39, 0.29) is 0 Å². The molecule has 0 amide bonds. The van der Waals surface area contributed by atoms with Crippen LogP contribution in [0.25, 0.3) is 0 Å². The zero-order valence-electron chi connectivity index (χ0n) is 14.6. The minimum Gasteiger partial charge on any atom is -0.378 e. The molecular weight excluding hydrogens is 268 g/mol. The van der Waals surface area contributed by atoms with Crippen LogP contribution in [0.5, 0.6) is 0 Å². The second-order valence-electron chi connectivity index (χ2n) is 8.58. The van der Waals surface area contributed by atoms with Crippen LogP contribution >= 0.6 is 0 Å². The minimum absolute atomic E-state index is 0.461. The quantitative estimate of drug-likeness (QED) is 0.652. The van der Waals surface area contributed by atoms with E-state index in [0.29, 0.717) is 11.5 Å². The van der Waals surface area contributed by atoms with Crippen molar-refractivity contribution in [3.05, 3.63) is 23.3 Å². The van der Waals surface area contributed by atoms with Crippen LogP contribution < -0.4 is 0 Å². The highest BCUT2D eigenvalue weighted by Gasteiger charge is 2.55. The van der Waals surface area contributed by atoms with Gasteiger partial charge >= 0.3 is 0 Å². The van der Waals surface area contributed by atoms with Crippen molar-refractivity contribution in [3.8, 4) is 0 Å². The van der Waals surface area contributed by atoms with E-state index >= 15 is 0 Å². The standard InChI is InChI=1S/C21H32O/c1-4-22-20-10-9-19-18-8-6-15-13-14(2)5-7-16(15)17(18)11-12-21(19,20)3/h6,13,16-20H,4-5,7-12H2,1-3H3. The smallest absolute Gasteiger partial charge is 0.0631 e. The maximum atomic E-state index is 6.15. The van der Waals surface area contributed by atoms with Gasteiger partial charge in [-0.3, -0.25) is 0 Å². The van der Waals surface area contributed by atoms with Crippen molar-refractivity contribution in [1.82, 2.24) is 0 Å². The first-order valence-electron chi connectivity index (χ1n) is 9.62. The molecule has 0 spiro atoms. The molecule has 0 heterocycles. The Hall–Kier alpha value is -0.560. The van der Waals surface area contributed by atoms with Crippen LogP contribution in [0.4, 0.5) is 0 Å². The summed E-state index contributed by atoms with van der Waals surface area (Å²) >= 11 is 0. The van der Waals surface area contributed by atoms with Gasteiger partial charge in [0.1, 0.15) is 0 Å². The normalized spacial score (nSPS) is 47.1. The molecule has 22 heavy (non-hydrogen) atoms. The van der Waals surface area contributed by atoms with Gasteiger partial charge in [0.25, 0.3) is 0 Å². The van der Waals surface area contributed by atoms with Gasteiger partial charge in [-0.2, -0.15) is 0 Å². The molecule has 6 unspecified atom stereocenters. The summed E-state index contributed by atoms with van der Waals surface area (Å²) in [6.07, 6.45) is 15.3. The molecule has 0 aliphatic heterocycles. The van der Waals surface area contributed by atoms with Crippen molar-refractivity contribution in [1.29, 1.82) is 0 Å². The monoisotopic (exact) mass is 300 g/mol. The Balaban J connectivity index is 1.60. The molecule has 4 aliphatic carbocycles. The van der Waals surface area contributed by atoms with Gasteiger partial charge in [0.2, 0.25) is 0 Å². The summed E-state index contributed by atoms with van der Waals surface area (Å²) in [6, 6.07) is 0. The number of rotatable bonds is 2. The van der Waals surface area contributed by atoms with E-state index in [0.717, 1.165) is 30.3 Å². The number of fused-ring (bicyclic) bond motifs is 5. The lowest BCUT2D eigenvalue weighted by molar-refractivity contribution is -0.0743. The van der Waals surface area contributed by atoms with Crippen molar-refractivity contribution < 1.29 is 4.74 Å². The third kappa shape index (κ3) is 2.15. The zero-order chi connectivity index (χ0) is 15.3. The lowest BCUT2D eigenvalue weighted by atomic mass is 9.53. The van der Waals surface area contributed by atoms with E-state index in [1.807, 2.05) is 0 Å². The summed E-state index contributed by atoms with van der Waals surface area (Å²) in [4.78, 5) is 0. The summed E-state index contributed by atoms with van der Waals surface area (Å²) < 4.78 is 6.15. The van der Waals surface area contributed by atoms with Gasteiger partial charge in [0, 0.05) is 6.61 Å². The summed E-state index contributed by atoms with van der Waals surface area (Å²) in [5.41, 5.74) is 3.75. The highest BCUT2D eigenvalue weighted by molar-refractivity contribution is 5.32. The van der Waals surface area contributed by atoms with Gasteiger partial charge in [-0.1, -0.05) is 24.6 Å². The van der Waals surface area contributed by atoms with Crippen LogP contribution in [-0.2, 0) is 4.74 Å². The van der Waals surface area contributed by atoms with Crippen LogP contribution in [0.2, 0.25) is 0 Å². The summed E-state index contributed by atoms with van der Waals surface area (Å²) in [5.74, 6) is 3.68. The van der Waals surface area contributed by atoms with E-state index < -0.39 is 0 Å². The van der Waals surface area contributed by atoms with Crippen LogP contribution in [-0.4, -0.2) is 12.7 Å². The molecule has 0 bridgehead atoms. The number of hydrogen-bond acceptors (Lipinski definition) is 1. The highest BCUT2D eigenvalue weighted by atomic mass is 16.5. The largest absolute Gasteiger partial charge is 0.378 e. The molecule has 0 aromatic heterocycles. The Labute approximate surface area is 136 Å². The van der Waals surface area contributed by atoms with Crippen LogP contribution in [0, 0.1) is 29.1 Å². The molecule has 4 rings (SSSR count). The van der Waals surface area contributed by atoms with E-state index in [9.17, 15) is 0 Å². The van der Waals surface area contributed by atoms with Gasteiger partial charge in [0.05, 0.1) is 6.10 Å². The molecule has 0 aromatic carbocycles. The van der Waals surface area contributed by atoms with Crippen molar-refractivity contribution in [2.75, 3.05) is 6.61 Å². The van der Waals surface area contributed by atoms with Gasteiger partial charge in [-0.15, -0.1) is 0 Å². The topological polar surface area (TPSA) is 9.23 Å². The van der Waals surface area contributed by atoms with Crippen LogP contribution in [0.1, 0.15) is 65.7 Å². The van der Waals surface area contributed by atoms with Gasteiger partial charge in [0.15, 0.2) is 0 Å². The predicted molar refractivity (Wildman–Crippen MR) is 91.6 cm³/mol. The zero-order valence-corrected chi connectivity index (χ0v) is 14.6. The molecule has 0 aromatic rings. The first-order valence-corrected chi connectivity index (χ1v) is 9.62. The fraction of sp³-hybridized carbons (Fsp3) is 0.810. The molecule has 0 saturated heterocycles. The third-order valence-corrected chi connectivity index (χ3v) is 7.61. The Kier molecular flexibility index (Phi) is 3.76. The molecule has 2 saturated carbocycles. The number of hydrogen-bond donors (Lipinski definition) is 0. The Morgan fingerprint density at radius 3 is 2.86 bits per heavy atom. The molecule has 1 heteroatoms. The van der Waals surface area contributed by atoms with E-state index in [1.54, 1.807) is 11.1 Å². The van der Waals surface area contributed by atoms with Gasteiger partial charge in [-0.25, -0.2) is 0 Å². The molecule has 6 atom stereocenters. The summed E-state index contributed by atoms with van der Waals surface area (Å²) in [7, 11) is 0. The maximum Gasteiger partial charge on any atom is 0.0631 e. The molecular formula is C21H32O. The molecule has 0 radical (unpaired) electrons. The SMILES string of the molecule is CCOC1CCC2C3CC=C4C=C(C)CCC4C3CCC12C. The first kappa shape index (κ1) is 15.0. The fourth-order valence-corrected chi connectivity index (χ4v) is 6.54. The molecule has 122 valence electrons. The highest BCUT2D eigenvalue weighted by Crippen LogP contribution is 2.61. The maximum absolute atomic E-state index is 6.15. The van der Waals surface area contributed by atoms with Crippen molar-refractivity contribution >= 4 is 0 Å². The van der Waals surface area contributed by atoms with Crippen LogP contribution in [0.15, 0.2) is 23.3 Å². The molecule has 2 fully saturated rings. The van der Waals surface area contributed by atoms with Crippen molar-refractivity contribution in [2.24, 2.45) is 29.1 Å². The third-order valence-electron chi connectivity index (χ3n) is 7.61. The first-order chi connectivity index (χ1) is 10.6. The minimum atomic E-state index is 0.461. The summed E-state index contributed by atoms with van der Waals surface area (Å²) in [5, 5.41) is 0. The van der Waals surface area contributed by atoms with Crippen molar-refractivity contribution in [2.45, 2.75) is 71.8 Å². The van der Waals surface area contributed by atoms with Gasteiger partial charge < -0.3 is 4.74 Å². The second kappa shape index (κ2) is 5.51. The number of allylic oxidation sites excluding steroid dienone is 4. The molecule has 1 nitrogen and oxygen atoms in total.